The Balaban J connectivity index is 2.50. The van der Waals surface area contributed by atoms with Crippen molar-refractivity contribution in [3.8, 4) is 0 Å². The van der Waals surface area contributed by atoms with Crippen LogP contribution in [-0.2, 0) is 6.42 Å². The number of rotatable bonds is 5. The normalized spacial score (nSPS) is 10.3. The molecule has 0 aliphatic carbocycles. The number of halogens is 1. The molecule has 0 spiro atoms. The average molecular weight is 348 g/mol. The molecule has 2 amide bonds. The molecule has 1 heterocycles. The molecule has 0 saturated carbocycles. The van der Waals surface area contributed by atoms with Crippen molar-refractivity contribution in [2.24, 2.45) is 5.73 Å². The van der Waals surface area contributed by atoms with Crippen LogP contribution in [0.25, 0.3) is 0 Å². The minimum Gasteiger partial charge on any atom is -0.364 e. The summed E-state index contributed by atoms with van der Waals surface area (Å²) in [5.74, 6) is -0.768. The quantitative estimate of drug-likeness (QED) is 0.768. The van der Waals surface area contributed by atoms with Crippen LogP contribution in [0.3, 0.4) is 0 Å². The predicted molar refractivity (Wildman–Crippen MR) is 92.8 cm³/mol. The van der Waals surface area contributed by atoms with Crippen molar-refractivity contribution in [2.45, 2.75) is 20.3 Å². The van der Waals surface area contributed by atoms with Gasteiger partial charge in [-0.15, -0.1) is 0 Å². The van der Waals surface area contributed by atoms with E-state index >= 15 is 0 Å². The molecular weight excluding hydrogens is 330 g/mol. The molecular formula is C16H18ClN5O2. The van der Waals surface area contributed by atoms with E-state index in [0.29, 0.717) is 28.9 Å². The maximum absolute atomic E-state index is 11.9. The van der Waals surface area contributed by atoms with E-state index in [-0.39, 0.29) is 22.6 Å². The third-order valence-corrected chi connectivity index (χ3v) is 3.85. The number of aryl methyl sites for hydroxylation is 1. The molecule has 0 fully saturated rings. The molecule has 0 saturated heterocycles. The number of hydrogen-bond donors (Lipinski definition) is 3. The molecule has 0 aliphatic rings. The molecule has 0 atom stereocenters. The van der Waals surface area contributed by atoms with Crippen molar-refractivity contribution in [1.82, 2.24) is 15.3 Å². The smallest absolute Gasteiger partial charge is 0.271 e. The van der Waals surface area contributed by atoms with Gasteiger partial charge in [-0.3, -0.25) is 9.59 Å². The molecule has 7 nitrogen and oxygen atoms in total. The first kappa shape index (κ1) is 17.7. The van der Waals surface area contributed by atoms with Gasteiger partial charge in [-0.25, -0.2) is 9.97 Å². The van der Waals surface area contributed by atoms with Crippen LogP contribution >= 0.6 is 11.6 Å². The van der Waals surface area contributed by atoms with Crippen LogP contribution in [-0.4, -0.2) is 28.8 Å². The number of carbonyl (C=O) groups is 2. The standard InChI is InChI=1S/C16H18ClN5O2/c1-4-10-13(17)22-15(12(20-10)14(18)23)21-11-7-5-6-9(8(11)2)16(24)19-3/h5-7H,4H2,1-3H3,(H2,18,23)(H,19,24)(H,21,22). The average Bonchev–Trinajstić information content (AvgIpc) is 2.56. The van der Waals surface area contributed by atoms with Crippen LogP contribution in [0.15, 0.2) is 18.2 Å². The lowest BCUT2D eigenvalue weighted by molar-refractivity contribution is 0.0960. The van der Waals surface area contributed by atoms with E-state index < -0.39 is 5.91 Å². The van der Waals surface area contributed by atoms with Gasteiger partial charge in [0.2, 0.25) is 0 Å². The number of carbonyl (C=O) groups excluding carboxylic acids is 2. The SMILES string of the molecule is CCc1nc(C(N)=O)c(Nc2cccc(C(=O)NC)c2C)nc1Cl. The molecule has 8 heteroatoms. The Bertz CT molecular complexity index is 807. The molecule has 126 valence electrons. The van der Waals surface area contributed by atoms with E-state index in [0.717, 1.165) is 0 Å². The van der Waals surface area contributed by atoms with Crippen LogP contribution in [0.2, 0.25) is 5.15 Å². The second kappa shape index (κ2) is 7.27. The number of hydrogen-bond acceptors (Lipinski definition) is 5. The number of amides is 2. The summed E-state index contributed by atoms with van der Waals surface area (Å²) in [7, 11) is 1.56. The molecule has 24 heavy (non-hydrogen) atoms. The van der Waals surface area contributed by atoms with Crippen LogP contribution < -0.4 is 16.4 Å². The zero-order valence-electron chi connectivity index (χ0n) is 13.6. The lowest BCUT2D eigenvalue weighted by Gasteiger charge is -2.14. The predicted octanol–water partition coefficient (Wildman–Crippen LogP) is 2.20. The van der Waals surface area contributed by atoms with Gasteiger partial charge in [0.25, 0.3) is 11.8 Å². The van der Waals surface area contributed by atoms with Crippen molar-refractivity contribution in [1.29, 1.82) is 0 Å². The zero-order valence-corrected chi connectivity index (χ0v) is 14.4. The Morgan fingerprint density at radius 2 is 2.00 bits per heavy atom. The molecule has 1 aromatic carbocycles. The van der Waals surface area contributed by atoms with Gasteiger partial charge >= 0.3 is 0 Å². The monoisotopic (exact) mass is 347 g/mol. The van der Waals surface area contributed by atoms with E-state index in [9.17, 15) is 9.59 Å². The molecule has 0 unspecified atom stereocenters. The Morgan fingerprint density at radius 1 is 1.29 bits per heavy atom. The van der Waals surface area contributed by atoms with Gasteiger partial charge in [0.1, 0.15) is 0 Å². The van der Waals surface area contributed by atoms with Gasteiger partial charge in [-0.2, -0.15) is 0 Å². The highest BCUT2D eigenvalue weighted by molar-refractivity contribution is 6.30. The minimum atomic E-state index is -0.712. The Labute approximate surface area is 144 Å². The van der Waals surface area contributed by atoms with E-state index in [1.807, 2.05) is 6.92 Å². The summed E-state index contributed by atoms with van der Waals surface area (Å²) in [4.78, 5) is 31.9. The van der Waals surface area contributed by atoms with Gasteiger partial charge in [-0.05, 0) is 31.0 Å². The van der Waals surface area contributed by atoms with E-state index in [2.05, 4.69) is 20.6 Å². The first-order valence-electron chi connectivity index (χ1n) is 7.34. The highest BCUT2D eigenvalue weighted by Crippen LogP contribution is 2.26. The Hall–Kier alpha value is -2.67. The fourth-order valence-corrected chi connectivity index (χ4v) is 2.47. The van der Waals surface area contributed by atoms with Crippen molar-refractivity contribution < 1.29 is 9.59 Å². The summed E-state index contributed by atoms with van der Waals surface area (Å²) >= 11 is 6.09. The second-order valence-corrected chi connectivity index (χ2v) is 5.42. The van der Waals surface area contributed by atoms with Crippen LogP contribution in [0.1, 0.15) is 39.0 Å². The number of benzene rings is 1. The summed E-state index contributed by atoms with van der Waals surface area (Å²) in [6, 6.07) is 5.18. The summed E-state index contributed by atoms with van der Waals surface area (Å²) in [5.41, 5.74) is 7.69. The van der Waals surface area contributed by atoms with E-state index in [1.165, 1.54) is 0 Å². The highest BCUT2D eigenvalue weighted by Gasteiger charge is 2.18. The van der Waals surface area contributed by atoms with E-state index in [4.69, 9.17) is 17.3 Å². The summed E-state index contributed by atoms with van der Waals surface area (Å²) in [6.07, 6.45) is 0.525. The van der Waals surface area contributed by atoms with Crippen molar-refractivity contribution in [3.63, 3.8) is 0 Å². The molecule has 4 N–H and O–H groups in total. The van der Waals surface area contributed by atoms with Crippen molar-refractivity contribution in [2.75, 3.05) is 12.4 Å². The minimum absolute atomic E-state index is 0.000922. The van der Waals surface area contributed by atoms with Crippen LogP contribution in [0.5, 0.6) is 0 Å². The van der Waals surface area contributed by atoms with Gasteiger partial charge in [-0.1, -0.05) is 24.6 Å². The fourth-order valence-electron chi connectivity index (χ4n) is 2.21. The van der Waals surface area contributed by atoms with Crippen LogP contribution in [0.4, 0.5) is 11.5 Å². The third kappa shape index (κ3) is 3.46. The summed E-state index contributed by atoms with van der Waals surface area (Å²) in [5, 5.41) is 5.77. The lowest BCUT2D eigenvalue weighted by atomic mass is 10.1. The maximum atomic E-state index is 11.9. The number of aromatic nitrogens is 2. The molecule has 1 aromatic heterocycles. The van der Waals surface area contributed by atoms with Gasteiger partial charge < -0.3 is 16.4 Å². The molecule has 0 aliphatic heterocycles. The topological polar surface area (TPSA) is 110 Å². The molecule has 0 bridgehead atoms. The van der Waals surface area contributed by atoms with Crippen molar-refractivity contribution >= 4 is 34.9 Å². The number of primary amides is 1. The van der Waals surface area contributed by atoms with Gasteiger partial charge in [0, 0.05) is 18.3 Å². The van der Waals surface area contributed by atoms with Gasteiger partial charge in [0.15, 0.2) is 16.7 Å². The number of nitrogens with zero attached hydrogens (tertiary/aromatic N) is 2. The van der Waals surface area contributed by atoms with Crippen molar-refractivity contribution in [3.05, 3.63) is 45.9 Å². The van der Waals surface area contributed by atoms with Crippen LogP contribution in [0, 0.1) is 6.92 Å². The first-order chi connectivity index (χ1) is 11.4. The first-order valence-corrected chi connectivity index (χ1v) is 7.71. The molecule has 0 radical (unpaired) electrons. The van der Waals surface area contributed by atoms with E-state index in [1.54, 1.807) is 32.2 Å². The molecule has 2 rings (SSSR count). The van der Waals surface area contributed by atoms with Gasteiger partial charge in [0.05, 0.1) is 5.69 Å². The number of anilines is 2. The highest BCUT2D eigenvalue weighted by atomic mass is 35.5. The summed E-state index contributed by atoms with van der Waals surface area (Å²) < 4.78 is 0. The lowest BCUT2D eigenvalue weighted by Crippen LogP contribution is -2.20. The number of nitrogens with two attached hydrogens (primary N) is 1. The largest absolute Gasteiger partial charge is 0.364 e. The third-order valence-electron chi connectivity index (χ3n) is 3.55. The summed E-state index contributed by atoms with van der Waals surface area (Å²) in [6.45, 7) is 3.64. The second-order valence-electron chi connectivity index (χ2n) is 5.06. The zero-order chi connectivity index (χ0) is 17.9. The maximum Gasteiger partial charge on any atom is 0.271 e. The molecule has 2 aromatic rings. The Morgan fingerprint density at radius 3 is 2.58 bits per heavy atom. The fraction of sp³-hybridized carbons (Fsp3) is 0.250. The Kier molecular flexibility index (Phi) is 5.35. The number of nitrogens with one attached hydrogen (secondary N) is 2.